The summed E-state index contributed by atoms with van der Waals surface area (Å²) in [5, 5.41) is 0. The van der Waals surface area contributed by atoms with Gasteiger partial charge in [-0.3, -0.25) is 9.88 Å². The van der Waals surface area contributed by atoms with Crippen molar-refractivity contribution in [1.82, 2.24) is 9.88 Å². The Hall–Kier alpha value is -1.35. The molecule has 0 fully saturated rings. The maximum Gasteiger partial charge on any atom is 0.0772 e. The van der Waals surface area contributed by atoms with E-state index in [0.29, 0.717) is 0 Å². The Morgan fingerprint density at radius 2 is 2.40 bits per heavy atom. The number of anilines is 1. The van der Waals surface area contributed by atoms with E-state index in [9.17, 15) is 0 Å². The second-order valence-corrected chi connectivity index (χ2v) is 4.07. The maximum absolute atomic E-state index is 5.86. The van der Waals surface area contributed by atoms with Crippen LogP contribution in [-0.2, 0) is 6.54 Å². The number of hydrogen-bond donors (Lipinski definition) is 1. The summed E-state index contributed by atoms with van der Waals surface area (Å²) in [5.74, 6) is 0. The molecule has 1 aliphatic heterocycles. The van der Waals surface area contributed by atoms with Crippen LogP contribution in [0.4, 0.5) is 5.69 Å². The molecule has 0 saturated carbocycles. The molecule has 0 spiro atoms. The van der Waals surface area contributed by atoms with Gasteiger partial charge in [-0.05, 0) is 25.5 Å². The van der Waals surface area contributed by atoms with E-state index in [1.165, 1.54) is 5.57 Å². The minimum atomic E-state index is 0.795. The molecule has 3 nitrogen and oxygen atoms in total. The molecule has 1 aromatic rings. The zero-order valence-corrected chi connectivity index (χ0v) is 9.11. The number of nitrogens with two attached hydrogens (primary N) is 1. The Labute approximate surface area is 90.6 Å². The van der Waals surface area contributed by atoms with Gasteiger partial charge in [0.25, 0.3) is 0 Å². The van der Waals surface area contributed by atoms with Crippen molar-refractivity contribution in [2.45, 2.75) is 19.9 Å². The van der Waals surface area contributed by atoms with E-state index in [2.05, 4.69) is 22.9 Å². The van der Waals surface area contributed by atoms with Gasteiger partial charge in [0.1, 0.15) is 0 Å². The van der Waals surface area contributed by atoms with E-state index in [1.54, 1.807) is 6.20 Å². The summed E-state index contributed by atoms with van der Waals surface area (Å²) in [6.45, 7) is 5.17. The summed E-state index contributed by atoms with van der Waals surface area (Å²) in [4.78, 5) is 6.67. The van der Waals surface area contributed by atoms with Crippen LogP contribution in [-0.4, -0.2) is 23.0 Å². The van der Waals surface area contributed by atoms with Crippen molar-refractivity contribution in [3.8, 4) is 0 Å². The molecular formula is C12H17N3. The van der Waals surface area contributed by atoms with Crippen LogP contribution in [0.3, 0.4) is 0 Å². The Balaban J connectivity index is 2.01. The van der Waals surface area contributed by atoms with Crippen LogP contribution in [0.1, 0.15) is 19.0 Å². The highest BCUT2D eigenvalue weighted by Gasteiger charge is 2.11. The third kappa shape index (κ3) is 2.57. The van der Waals surface area contributed by atoms with Crippen molar-refractivity contribution >= 4 is 5.69 Å². The highest BCUT2D eigenvalue weighted by atomic mass is 15.1. The molecule has 1 aromatic heterocycles. The molecule has 0 unspecified atom stereocenters. The van der Waals surface area contributed by atoms with Crippen LogP contribution in [0, 0.1) is 0 Å². The second kappa shape index (κ2) is 4.45. The lowest BCUT2D eigenvalue weighted by molar-refractivity contribution is 0.283. The summed E-state index contributed by atoms with van der Waals surface area (Å²) in [6.07, 6.45) is 5.24. The quantitative estimate of drug-likeness (QED) is 0.745. The van der Waals surface area contributed by atoms with E-state index < -0.39 is 0 Å². The predicted molar refractivity (Wildman–Crippen MR) is 62.3 cm³/mol. The van der Waals surface area contributed by atoms with Crippen molar-refractivity contribution in [3.05, 3.63) is 35.7 Å². The minimum absolute atomic E-state index is 0.795. The van der Waals surface area contributed by atoms with Gasteiger partial charge in [-0.15, -0.1) is 0 Å². The van der Waals surface area contributed by atoms with Gasteiger partial charge in [0.05, 0.1) is 11.4 Å². The molecular weight excluding hydrogens is 186 g/mol. The Kier molecular flexibility index (Phi) is 3.02. The molecule has 0 aromatic carbocycles. The predicted octanol–water partition coefficient (Wildman–Crippen LogP) is 1.82. The van der Waals surface area contributed by atoms with Gasteiger partial charge in [-0.25, -0.2) is 0 Å². The molecule has 0 radical (unpaired) electrons. The first-order valence-corrected chi connectivity index (χ1v) is 5.33. The van der Waals surface area contributed by atoms with Gasteiger partial charge in [-0.2, -0.15) is 0 Å². The van der Waals surface area contributed by atoms with Gasteiger partial charge in [0, 0.05) is 25.8 Å². The number of rotatable bonds is 2. The first-order valence-electron chi connectivity index (χ1n) is 5.33. The summed E-state index contributed by atoms with van der Waals surface area (Å²) >= 11 is 0. The molecule has 2 N–H and O–H groups in total. The molecule has 1 aliphatic rings. The highest BCUT2D eigenvalue weighted by molar-refractivity contribution is 5.41. The van der Waals surface area contributed by atoms with E-state index in [4.69, 9.17) is 5.73 Å². The summed E-state index contributed by atoms with van der Waals surface area (Å²) in [5.41, 5.74) is 9.13. The molecule has 0 atom stereocenters. The van der Waals surface area contributed by atoms with Crippen molar-refractivity contribution in [1.29, 1.82) is 0 Å². The molecule has 15 heavy (non-hydrogen) atoms. The van der Waals surface area contributed by atoms with Gasteiger partial charge in [-0.1, -0.05) is 11.6 Å². The zero-order valence-electron chi connectivity index (χ0n) is 9.11. The third-order valence-corrected chi connectivity index (χ3v) is 2.82. The lowest BCUT2D eigenvalue weighted by atomic mass is 10.1. The Morgan fingerprint density at radius 1 is 1.53 bits per heavy atom. The van der Waals surface area contributed by atoms with Crippen LogP contribution in [0.5, 0.6) is 0 Å². The fraction of sp³-hybridized carbons (Fsp3) is 0.417. The van der Waals surface area contributed by atoms with Crippen LogP contribution in [0.2, 0.25) is 0 Å². The van der Waals surface area contributed by atoms with Crippen molar-refractivity contribution in [3.63, 3.8) is 0 Å². The fourth-order valence-corrected chi connectivity index (χ4v) is 1.75. The number of aromatic nitrogens is 1. The maximum atomic E-state index is 5.86. The monoisotopic (exact) mass is 203 g/mol. The van der Waals surface area contributed by atoms with Crippen molar-refractivity contribution in [2.24, 2.45) is 0 Å². The van der Waals surface area contributed by atoms with Crippen LogP contribution < -0.4 is 5.73 Å². The molecule has 2 heterocycles. The average Bonchev–Trinajstić information content (AvgIpc) is 2.25. The summed E-state index contributed by atoms with van der Waals surface area (Å²) in [6, 6.07) is 3.78. The van der Waals surface area contributed by atoms with Gasteiger partial charge >= 0.3 is 0 Å². The highest BCUT2D eigenvalue weighted by Crippen LogP contribution is 2.15. The van der Waals surface area contributed by atoms with E-state index in [1.807, 2.05) is 12.1 Å². The second-order valence-electron chi connectivity index (χ2n) is 4.07. The Bertz CT molecular complexity index is 371. The lowest BCUT2D eigenvalue weighted by Crippen LogP contribution is -2.28. The fourth-order valence-electron chi connectivity index (χ4n) is 1.75. The third-order valence-electron chi connectivity index (χ3n) is 2.82. The number of pyridine rings is 1. The average molecular weight is 203 g/mol. The molecule has 2 rings (SSSR count). The van der Waals surface area contributed by atoms with Gasteiger partial charge < -0.3 is 5.73 Å². The standard InChI is InChI=1S/C12H17N3/c1-10-4-7-15(8-5-10)9-12-11(13)3-2-6-14-12/h2-4,6H,5,7-9,13H2,1H3. The summed E-state index contributed by atoms with van der Waals surface area (Å²) in [7, 11) is 0. The van der Waals surface area contributed by atoms with Crippen molar-refractivity contribution < 1.29 is 0 Å². The number of nitrogens with zero attached hydrogens (tertiary/aromatic N) is 2. The van der Waals surface area contributed by atoms with E-state index in [-0.39, 0.29) is 0 Å². The largest absolute Gasteiger partial charge is 0.397 e. The first-order chi connectivity index (χ1) is 7.25. The molecule has 0 saturated heterocycles. The Morgan fingerprint density at radius 3 is 3.07 bits per heavy atom. The SMILES string of the molecule is CC1=CCN(Cc2ncccc2N)CC1. The smallest absolute Gasteiger partial charge is 0.0772 e. The van der Waals surface area contributed by atoms with Crippen molar-refractivity contribution in [2.75, 3.05) is 18.8 Å². The summed E-state index contributed by atoms with van der Waals surface area (Å²) < 4.78 is 0. The van der Waals surface area contributed by atoms with Gasteiger partial charge in [0.15, 0.2) is 0 Å². The van der Waals surface area contributed by atoms with E-state index in [0.717, 1.165) is 37.4 Å². The first kappa shape index (κ1) is 10.2. The van der Waals surface area contributed by atoms with Crippen LogP contribution in [0.15, 0.2) is 30.0 Å². The number of hydrogen-bond acceptors (Lipinski definition) is 3. The van der Waals surface area contributed by atoms with Crippen LogP contribution >= 0.6 is 0 Å². The molecule has 80 valence electrons. The van der Waals surface area contributed by atoms with E-state index >= 15 is 0 Å². The van der Waals surface area contributed by atoms with Gasteiger partial charge in [0.2, 0.25) is 0 Å². The molecule has 0 amide bonds. The number of nitrogen functional groups attached to an aromatic ring is 1. The van der Waals surface area contributed by atoms with Crippen LogP contribution in [0.25, 0.3) is 0 Å². The normalized spacial score (nSPS) is 17.5. The molecule has 0 aliphatic carbocycles. The minimum Gasteiger partial charge on any atom is -0.397 e. The molecule has 3 heteroatoms. The topological polar surface area (TPSA) is 42.2 Å². The zero-order chi connectivity index (χ0) is 10.7. The lowest BCUT2D eigenvalue weighted by Gasteiger charge is -2.25. The molecule has 0 bridgehead atoms.